The van der Waals surface area contributed by atoms with Crippen LogP contribution in [-0.2, 0) is 0 Å². The van der Waals surface area contributed by atoms with E-state index in [1.807, 2.05) is 7.05 Å². The highest BCUT2D eigenvalue weighted by molar-refractivity contribution is 5.64. The number of hydrogen-bond acceptors (Lipinski definition) is 2. The molecule has 1 aliphatic rings. The number of amides is 1. The minimum atomic E-state index is -0.839. The second-order valence-corrected chi connectivity index (χ2v) is 3.84. The van der Waals surface area contributed by atoms with Crippen LogP contribution in [0.25, 0.3) is 0 Å². The summed E-state index contributed by atoms with van der Waals surface area (Å²) in [5, 5.41) is 11.9. The minimum absolute atomic E-state index is 0.347. The highest BCUT2D eigenvalue weighted by atomic mass is 16.4. The lowest BCUT2D eigenvalue weighted by Gasteiger charge is -2.16. The van der Waals surface area contributed by atoms with Crippen molar-refractivity contribution in [2.75, 3.05) is 20.6 Å². The zero-order valence-corrected chi connectivity index (χ0v) is 8.34. The lowest BCUT2D eigenvalue weighted by atomic mass is 10.1. The molecule has 1 saturated carbocycles. The van der Waals surface area contributed by atoms with Gasteiger partial charge >= 0.3 is 6.09 Å². The summed E-state index contributed by atoms with van der Waals surface area (Å²) in [5.74, 6) is 0. The minimum Gasteiger partial charge on any atom is -0.465 e. The van der Waals surface area contributed by atoms with Gasteiger partial charge in [-0.2, -0.15) is 0 Å². The molecule has 2 N–H and O–H groups in total. The van der Waals surface area contributed by atoms with Gasteiger partial charge in [0, 0.05) is 19.1 Å². The van der Waals surface area contributed by atoms with Crippen molar-refractivity contribution in [2.45, 2.75) is 31.2 Å². The van der Waals surface area contributed by atoms with E-state index in [-0.39, 0.29) is 0 Å². The Morgan fingerprint density at radius 2 is 2.23 bits per heavy atom. The van der Waals surface area contributed by atoms with Crippen LogP contribution in [0, 0.1) is 0 Å². The topological polar surface area (TPSA) is 52.6 Å². The van der Waals surface area contributed by atoms with Crippen LogP contribution in [0.4, 0.5) is 4.79 Å². The second-order valence-electron chi connectivity index (χ2n) is 3.84. The van der Waals surface area contributed by atoms with Gasteiger partial charge in [-0.3, -0.25) is 0 Å². The van der Waals surface area contributed by atoms with Crippen LogP contribution in [0.2, 0.25) is 0 Å². The van der Waals surface area contributed by atoms with E-state index in [1.165, 1.54) is 17.7 Å². The van der Waals surface area contributed by atoms with Gasteiger partial charge < -0.3 is 15.3 Å². The zero-order chi connectivity index (χ0) is 9.90. The molecular weight excluding hydrogens is 168 g/mol. The quantitative estimate of drug-likeness (QED) is 0.676. The normalized spacial score (nSPS) is 18.3. The van der Waals surface area contributed by atoms with Gasteiger partial charge in [0.05, 0.1) is 0 Å². The van der Waals surface area contributed by atoms with Gasteiger partial charge in [0.25, 0.3) is 0 Å². The van der Waals surface area contributed by atoms with E-state index < -0.39 is 6.09 Å². The van der Waals surface area contributed by atoms with Crippen molar-refractivity contribution in [1.82, 2.24) is 10.2 Å². The fourth-order valence-electron chi connectivity index (χ4n) is 1.53. The molecule has 1 amide bonds. The lowest BCUT2D eigenvalue weighted by Crippen LogP contribution is -2.30. The Hall–Kier alpha value is -0.770. The first-order chi connectivity index (χ1) is 6.09. The van der Waals surface area contributed by atoms with Gasteiger partial charge in [0.15, 0.2) is 0 Å². The van der Waals surface area contributed by atoms with Gasteiger partial charge in [0.2, 0.25) is 0 Å². The Bertz CT molecular complexity index is 190. The average Bonchev–Trinajstić information content (AvgIpc) is 2.85. The third kappa shape index (κ3) is 2.88. The standard InChI is InChI=1S/C9H18N2O2/c1-10-9(5-6-9)4-3-7-11(2)8(12)13/h10H,3-7H2,1-2H3,(H,12,13). The van der Waals surface area contributed by atoms with Gasteiger partial charge in [-0.05, 0) is 32.7 Å². The maximum atomic E-state index is 10.5. The molecule has 1 rings (SSSR count). The SMILES string of the molecule is CNC1(CCCN(C)C(=O)O)CC1. The van der Waals surface area contributed by atoms with E-state index >= 15 is 0 Å². The average molecular weight is 186 g/mol. The molecule has 4 heteroatoms. The maximum absolute atomic E-state index is 10.5. The van der Waals surface area contributed by atoms with Crippen molar-refractivity contribution in [3.8, 4) is 0 Å². The molecule has 0 radical (unpaired) electrons. The molecule has 76 valence electrons. The van der Waals surface area contributed by atoms with Crippen molar-refractivity contribution in [1.29, 1.82) is 0 Å². The van der Waals surface area contributed by atoms with Crippen LogP contribution in [-0.4, -0.2) is 42.3 Å². The van der Waals surface area contributed by atoms with Crippen molar-refractivity contribution < 1.29 is 9.90 Å². The molecule has 0 bridgehead atoms. The summed E-state index contributed by atoms with van der Waals surface area (Å²) in [6.07, 6.45) is 3.67. The zero-order valence-electron chi connectivity index (χ0n) is 8.34. The Morgan fingerprint density at radius 3 is 2.62 bits per heavy atom. The third-order valence-corrected chi connectivity index (χ3v) is 2.86. The predicted molar refractivity (Wildman–Crippen MR) is 50.9 cm³/mol. The summed E-state index contributed by atoms with van der Waals surface area (Å²) >= 11 is 0. The molecule has 0 unspecified atom stereocenters. The number of rotatable bonds is 5. The first kappa shape index (κ1) is 10.3. The predicted octanol–water partition coefficient (Wildman–Crippen LogP) is 1.13. The van der Waals surface area contributed by atoms with Crippen LogP contribution in [0.15, 0.2) is 0 Å². The van der Waals surface area contributed by atoms with E-state index in [9.17, 15) is 4.79 Å². The van der Waals surface area contributed by atoms with Crippen molar-refractivity contribution >= 4 is 6.09 Å². The summed E-state index contributed by atoms with van der Waals surface area (Å²) in [6, 6.07) is 0. The van der Waals surface area contributed by atoms with E-state index in [0.29, 0.717) is 12.1 Å². The van der Waals surface area contributed by atoms with Crippen LogP contribution in [0.3, 0.4) is 0 Å². The van der Waals surface area contributed by atoms with E-state index in [2.05, 4.69) is 5.32 Å². The molecule has 1 aliphatic carbocycles. The Morgan fingerprint density at radius 1 is 1.62 bits per heavy atom. The van der Waals surface area contributed by atoms with Crippen LogP contribution in [0.5, 0.6) is 0 Å². The molecule has 0 aromatic heterocycles. The molecular formula is C9H18N2O2. The van der Waals surface area contributed by atoms with Gasteiger partial charge in [-0.15, -0.1) is 0 Å². The Kier molecular flexibility index (Phi) is 3.14. The molecule has 0 saturated heterocycles. The van der Waals surface area contributed by atoms with Crippen LogP contribution in [0.1, 0.15) is 25.7 Å². The highest BCUT2D eigenvalue weighted by Crippen LogP contribution is 2.38. The molecule has 4 nitrogen and oxygen atoms in total. The first-order valence-corrected chi connectivity index (χ1v) is 4.73. The van der Waals surface area contributed by atoms with Crippen LogP contribution >= 0.6 is 0 Å². The molecule has 13 heavy (non-hydrogen) atoms. The summed E-state index contributed by atoms with van der Waals surface area (Å²) < 4.78 is 0. The van der Waals surface area contributed by atoms with E-state index in [0.717, 1.165) is 12.8 Å². The summed E-state index contributed by atoms with van der Waals surface area (Å²) in [4.78, 5) is 11.8. The highest BCUT2D eigenvalue weighted by Gasteiger charge is 2.39. The number of nitrogens with zero attached hydrogens (tertiary/aromatic N) is 1. The Balaban J connectivity index is 2.10. The summed E-state index contributed by atoms with van der Waals surface area (Å²) in [7, 11) is 3.59. The van der Waals surface area contributed by atoms with Crippen molar-refractivity contribution in [3.63, 3.8) is 0 Å². The van der Waals surface area contributed by atoms with Gasteiger partial charge in [-0.1, -0.05) is 0 Å². The van der Waals surface area contributed by atoms with E-state index in [4.69, 9.17) is 5.11 Å². The first-order valence-electron chi connectivity index (χ1n) is 4.73. The Labute approximate surface area is 78.9 Å². The van der Waals surface area contributed by atoms with Gasteiger partial charge in [-0.25, -0.2) is 4.79 Å². The van der Waals surface area contributed by atoms with Gasteiger partial charge in [0.1, 0.15) is 0 Å². The van der Waals surface area contributed by atoms with E-state index in [1.54, 1.807) is 7.05 Å². The van der Waals surface area contributed by atoms with Crippen LogP contribution < -0.4 is 5.32 Å². The lowest BCUT2D eigenvalue weighted by molar-refractivity contribution is 0.154. The fraction of sp³-hybridized carbons (Fsp3) is 0.889. The number of carbonyl (C=O) groups is 1. The molecule has 0 aromatic rings. The molecule has 1 fully saturated rings. The fourth-order valence-corrected chi connectivity index (χ4v) is 1.53. The summed E-state index contributed by atoms with van der Waals surface area (Å²) in [5.41, 5.74) is 0.347. The monoisotopic (exact) mass is 186 g/mol. The smallest absolute Gasteiger partial charge is 0.407 e. The number of nitrogens with one attached hydrogen (secondary N) is 1. The molecule has 0 heterocycles. The number of hydrogen-bond donors (Lipinski definition) is 2. The maximum Gasteiger partial charge on any atom is 0.407 e. The number of carboxylic acid groups (broad SMARTS) is 1. The second kappa shape index (κ2) is 3.96. The molecule has 0 aliphatic heterocycles. The third-order valence-electron chi connectivity index (χ3n) is 2.86. The molecule has 0 spiro atoms. The molecule has 0 aromatic carbocycles. The van der Waals surface area contributed by atoms with Crippen molar-refractivity contribution in [2.24, 2.45) is 0 Å². The summed E-state index contributed by atoms with van der Waals surface area (Å²) in [6.45, 7) is 0.638. The molecule has 0 atom stereocenters. The van der Waals surface area contributed by atoms with Crippen molar-refractivity contribution in [3.05, 3.63) is 0 Å². The largest absolute Gasteiger partial charge is 0.465 e.